The Bertz CT molecular complexity index is 631. The molecule has 0 amide bonds. The standard InChI is InChI=1S/C16H20ClN3O/c1-4-14-19-15(17)11(3)16(20-14)18-9-13(21)12-7-5-6-10(2)8-12/h5-8,13,21H,4,9H2,1-3H3,(H,18,19,20). The van der Waals surface area contributed by atoms with Crippen LogP contribution in [0.5, 0.6) is 0 Å². The zero-order chi connectivity index (χ0) is 15.4. The summed E-state index contributed by atoms with van der Waals surface area (Å²) in [6.07, 6.45) is 0.123. The predicted octanol–water partition coefficient (Wildman–Crippen LogP) is 3.45. The number of benzene rings is 1. The van der Waals surface area contributed by atoms with E-state index in [1.54, 1.807) is 0 Å². The molecule has 0 saturated carbocycles. The van der Waals surface area contributed by atoms with E-state index in [2.05, 4.69) is 15.3 Å². The van der Waals surface area contributed by atoms with Gasteiger partial charge in [0.05, 0.1) is 6.10 Å². The fraction of sp³-hybridized carbons (Fsp3) is 0.375. The smallest absolute Gasteiger partial charge is 0.137 e. The Balaban J connectivity index is 2.11. The molecule has 2 N–H and O–H groups in total. The zero-order valence-electron chi connectivity index (χ0n) is 12.5. The molecule has 0 saturated heterocycles. The van der Waals surface area contributed by atoms with E-state index < -0.39 is 6.10 Å². The van der Waals surface area contributed by atoms with Crippen molar-refractivity contribution in [3.05, 3.63) is 51.9 Å². The number of aryl methyl sites for hydroxylation is 2. The summed E-state index contributed by atoms with van der Waals surface area (Å²) in [4.78, 5) is 8.62. The molecule has 21 heavy (non-hydrogen) atoms. The molecule has 1 atom stereocenters. The second-order valence-corrected chi connectivity index (χ2v) is 5.43. The highest BCUT2D eigenvalue weighted by molar-refractivity contribution is 6.30. The normalized spacial score (nSPS) is 12.2. The third-order valence-electron chi connectivity index (χ3n) is 3.34. The summed E-state index contributed by atoms with van der Waals surface area (Å²) in [6.45, 7) is 6.22. The molecule has 112 valence electrons. The van der Waals surface area contributed by atoms with Crippen molar-refractivity contribution in [2.75, 3.05) is 11.9 Å². The van der Waals surface area contributed by atoms with E-state index in [-0.39, 0.29) is 0 Å². The molecule has 0 aliphatic carbocycles. The van der Waals surface area contributed by atoms with Crippen molar-refractivity contribution in [2.24, 2.45) is 0 Å². The van der Waals surface area contributed by atoms with Crippen molar-refractivity contribution in [3.63, 3.8) is 0 Å². The van der Waals surface area contributed by atoms with Gasteiger partial charge in [-0.15, -0.1) is 0 Å². The molecule has 2 rings (SSSR count). The summed E-state index contributed by atoms with van der Waals surface area (Å²) in [5.41, 5.74) is 2.81. The Morgan fingerprint density at radius 3 is 2.71 bits per heavy atom. The average molecular weight is 306 g/mol. The lowest BCUT2D eigenvalue weighted by atomic mass is 10.1. The van der Waals surface area contributed by atoms with Crippen LogP contribution in [0.4, 0.5) is 5.82 Å². The average Bonchev–Trinajstić information content (AvgIpc) is 2.48. The SMILES string of the molecule is CCc1nc(Cl)c(C)c(NCC(O)c2cccc(C)c2)n1. The first-order chi connectivity index (χ1) is 10.0. The Morgan fingerprint density at radius 1 is 1.29 bits per heavy atom. The highest BCUT2D eigenvalue weighted by atomic mass is 35.5. The number of aliphatic hydroxyl groups is 1. The third-order valence-corrected chi connectivity index (χ3v) is 3.71. The van der Waals surface area contributed by atoms with E-state index >= 15 is 0 Å². The van der Waals surface area contributed by atoms with Crippen molar-refractivity contribution < 1.29 is 5.11 Å². The zero-order valence-corrected chi connectivity index (χ0v) is 13.3. The van der Waals surface area contributed by atoms with Crippen LogP contribution in [-0.2, 0) is 6.42 Å². The maximum atomic E-state index is 10.3. The minimum Gasteiger partial charge on any atom is -0.387 e. The summed E-state index contributed by atoms with van der Waals surface area (Å²) in [6, 6.07) is 7.83. The highest BCUT2D eigenvalue weighted by Crippen LogP contribution is 2.21. The number of aliphatic hydroxyl groups excluding tert-OH is 1. The minimum atomic E-state index is -0.594. The van der Waals surface area contributed by atoms with Gasteiger partial charge in [0.25, 0.3) is 0 Å². The summed E-state index contributed by atoms with van der Waals surface area (Å²) in [5, 5.41) is 13.9. The van der Waals surface area contributed by atoms with Gasteiger partial charge in [0.1, 0.15) is 16.8 Å². The number of rotatable bonds is 5. The van der Waals surface area contributed by atoms with Gasteiger partial charge in [0.2, 0.25) is 0 Å². The van der Waals surface area contributed by atoms with Gasteiger partial charge in [-0.2, -0.15) is 0 Å². The van der Waals surface area contributed by atoms with E-state index in [1.807, 2.05) is 45.0 Å². The van der Waals surface area contributed by atoms with E-state index in [1.165, 1.54) is 0 Å². The number of aromatic nitrogens is 2. The maximum Gasteiger partial charge on any atom is 0.137 e. The van der Waals surface area contributed by atoms with Gasteiger partial charge in [-0.25, -0.2) is 9.97 Å². The summed E-state index contributed by atoms with van der Waals surface area (Å²) >= 11 is 6.10. The summed E-state index contributed by atoms with van der Waals surface area (Å²) in [5.74, 6) is 1.37. The number of hydrogen-bond acceptors (Lipinski definition) is 4. The second-order valence-electron chi connectivity index (χ2n) is 5.07. The van der Waals surface area contributed by atoms with Crippen LogP contribution in [0.3, 0.4) is 0 Å². The molecule has 4 nitrogen and oxygen atoms in total. The predicted molar refractivity (Wildman–Crippen MR) is 85.8 cm³/mol. The number of anilines is 1. The van der Waals surface area contributed by atoms with E-state index in [9.17, 15) is 5.11 Å². The van der Waals surface area contributed by atoms with Crippen molar-refractivity contribution in [2.45, 2.75) is 33.3 Å². The molecule has 0 fully saturated rings. The van der Waals surface area contributed by atoms with Crippen LogP contribution in [0.2, 0.25) is 5.15 Å². The summed E-state index contributed by atoms with van der Waals surface area (Å²) < 4.78 is 0. The molecule has 1 aromatic carbocycles. The third kappa shape index (κ3) is 3.93. The Hall–Kier alpha value is -1.65. The van der Waals surface area contributed by atoms with Crippen molar-refractivity contribution in [1.29, 1.82) is 0 Å². The molecule has 5 heteroatoms. The quantitative estimate of drug-likeness (QED) is 0.831. The lowest BCUT2D eigenvalue weighted by molar-refractivity contribution is 0.191. The monoisotopic (exact) mass is 305 g/mol. The van der Waals surface area contributed by atoms with Gasteiger partial charge in [-0.05, 0) is 19.4 Å². The van der Waals surface area contributed by atoms with E-state index in [4.69, 9.17) is 11.6 Å². The number of nitrogens with one attached hydrogen (secondary N) is 1. The first kappa shape index (κ1) is 15.7. The second kappa shape index (κ2) is 6.87. The summed E-state index contributed by atoms with van der Waals surface area (Å²) in [7, 11) is 0. The van der Waals surface area contributed by atoms with Gasteiger partial charge in [0, 0.05) is 18.5 Å². The van der Waals surface area contributed by atoms with E-state index in [0.29, 0.717) is 23.3 Å². The van der Waals surface area contributed by atoms with Crippen LogP contribution in [-0.4, -0.2) is 21.6 Å². The van der Waals surface area contributed by atoms with Gasteiger partial charge in [-0.1, -0.05) is 48.4 Å². The van der Waals surface area contributed by atoms with Crippen LogP contribution < -0.4 is 5.32 Å². The van der Waals surface area contributed by atoms with E-state index in [0.717, 1.165) is 23.1 Å². The first-order valence-electron chi connectivity index (χ1n) is 7.02. The molecule has 0 aliphatic heterocycles. The maximum absolute atomic E-state index is 10.3. The molecule has 0 spiro atoms. The van der Waals surface area contributed by atoms with Crippen LogP contribution in [0, 0.1) is 13.8 Å². The lowest BCUT2D eigenvalue weighted by Crippen LogP contribution is -2.15. The van der Waals surface area contributed by atoms with Crippen LogP contribution in [0.25, 0.3) is 0 Å². The fourth-order valence-electron chi connectivity index (χ4n) is 2.05. The number of halogens is 1. The number of nitrogens with zero attached hydrogens (tertiary/aromatic N) is 2. The van der Waals surface area contributed by atoms with Gasteiger partial charge >= 0.3 is 0 Å². The molecule has 1 heterocycles. The molecule has 0 bridgehead atoms. The largest absolute Gasteiger partial charge is 0.387 e. The van der Waals surface area contributed by atoms with Crippen molar-refractivity contribution in [3.8, 4) is 0 Å². The molecule has 2 aromatic rings. The van der Waals surface area contributed by atoms with Crippen LogP contribution >= 0.6 is 11.6 Å². The highest BCUT2D eigenvalue weighted by Gasteiger charge is 2.11. The van der Waals surface area contributed by atoms with Crippen molar-refractivity contribution >= 4 is 17.4 Å². The topological polar surface area (TPSA) is 58.0 Å². The molecule has 0 radical (unpaired) electrons. The number of hydrogen-bond donors (Lipinski definition) is 2. The van der Waals surface area contributed by atoms with Gasteiger partial charge in [-0.3, -0.25) is 0 Å². The molecule has 1 aromatic heterocycles. The van der Waals surface area contributed by atoms with Gasteiger partial charge < -0.3 is 10.4 Å². The van der Waals surface area contributed by atoms with Gasteiger partial charge in [0.15, 0.2) is 0 Å². The molecule has 1 unspecified atom stereocenters. The van der Waals surface area contributed by atoms with Crippen molar-refractivity contribution in [1.82, 2.24) is 9.97 Å². The molecule has 0 aliphatic rings. The Morgan fingerprint density at radius 2 is 2.05 bits per heavy atom. The Labute approximate surface area is 130 Å². The minimum absolute atomic E-state index is 0.376. The Kier molecular flexibility index (Phi) is 5.15. The van der Waals surface area contributed by atoms with Crippen LogP contribution in [0.15, 0.2) is 24.3 Å². The molecular weight excluding hydrogens is 286 g/mol. The first-order valence-corrected chi connectivity index (χ1v) is 7.40. The fourth-order valence-corrected chi connectivity index (χ4v) is 2.24. The lowest BCUT2D eigenvalue weighted by Gasteiger charge is -2.15. The molecular formula is C16H20ClN3O. The van der Waals surface area contributed by atoms with Crippen LogP contribution in [0.1, 0.15) is 35.5 Å².